The summed E-state index contributed by atoms with van der Waals surface area (Å²) < 4.78 is 24.3. The van der Waals surface area contributed by atoms with Gasteiger partial charge in [0.05, 0.1) is 10.6 Å². The van der Waals surface area contributed by atoms with Gasteiger partial charge in [-0.15, -0.1) is 0 Å². The first-order valence-electron chi connectivity index (χ1n) is 6.19. The summed E-state index contributed by atoms with van der Waals surface area (Å²) >= 11 is 5.92. The molecule has 0 aliphatic carbocycles. The fourth-order valence-electron chi connectivity index (χ4n) is 2.08. The number of rotatable bonds is 2. The monoisotopic (exact) mass is 307 g/mol. The lowest BCUT2D eigenvalue weighted by molar-refractivity contribution is 0.0989. The van der Waals surface area contributed by atoms with E-state index in [9.17, 15) is 9.18 Å². The van der Waals surface area contributed by atoms with Crippen molar-refractivity contribution in [2.24, 2.45) is 0 Å². The third kappa shape index (κ3) is 2.40. The van der Waals surface area contributed by atoms with Gasteiger partial charge < -0.3 is 14.4 Å². The van der Waals surface area contributed by atoms with Gasteiger partial charge in [-0.25, -0.2) is 4.39 Å². The van der Waals surface area contributed by atoms with Gasteiger partial charge in [-0.1, -0.05) is 17.7 Å². The zero-order valence-electron chi connectivity index (χ0n) is 11.1. The van der Waals surface area contributed by atoms with E-state index in [-0.39, 0.29) is 17.4 Å². The largest absolute Gasteiger partial charge is 0.454 e. The second-order valence-corrected chi connectivity index (χ2v) is 4.91. The van der Waals surface area contributed by atoms with Gasteiger partial charge in [-0.3, -0.25) is 4.79 Å². The van der Waals surface area contributed by atoms with E-state index in [1.165, 1.54) is 23.1 Å². The van der Waals surface area contributed by atoms with E-state index >= 15 is 0 Å². The summed E-state index contributed by atoms with van der Waals surface area (Å²) in [5, 5.41) is 0.0765. The summed E-state index contributed by atoms with van der Waals surface area (Å²) in [7, 11) is 1.54. The topological polar surface area (TPSA) is 38.8 Å². The van der Waals surface area contributed by atoms with Gasteiger partial charge in [0.1, 0.15) is 5.82 Å². The van der Waals surface area contributed by atoms with Crippen molar-refractivity contribution in [1.82, 2.24) is 0 Å². The highest BCUT2D eigenvalue weighted by atomic mass is 35.5. The maximum absolute atomic E-state index is 13.8. The lowest BCUT2D eigenvalue weighted by Gasteiger charge is -2.18. The molecule has 0 aromatic heterocycles. The molecule has 0 saturated heterocycles. The van der Waals surface area contributed by atoms with Crippen molar-refractivity contribution >= 4 is 23.2 Å². The van der Waals surface area contributed by atoms with E-state index in [1.807, 2.05) is 0 Å². The van der Waals surface area contributed by atoms with Crippen LogP contribution in [0.4, 0.5) is 10.1 Å². The van der Waals surface area contributed by atoms with Crippen molar-refractivity contribution in [3.05, 3.63) is 52.8 Å². The molecule has 0 atom stereocenters. The number of hydrogen-bond acceptors (Lipinski definition) is 3. The van der Waals surface area contributed by atoms with Crippen molar-refractivity contribution in [1.29, 1.82) is 0 Å². The molecule has 0 spiro atoms. The Morgan fingerprint density at radius 1 is 1.24 bits per heavy atom. The number of halogens is 2. The molecule has 0 saturated carbocycles. The summed E-state index contributed by atoms with van der Waals surface area (Å²) in [6.45, 7) is 0.148. The summed E-state index contributed by atoms with van der Waals surface area (Å²) in [6, 6.07) is 9.19. The van der Waals surface area contributed by atoms with E-state index in [2.05, 4.69) is 0 Å². The van der Waals surface area contributed by atoms with Crippen LogP contribution in [0.5, 0.6) is 11.5 Å². The van der Waals surface area contributed by atoms with Gasteiger partial charge >= 0.3 is 0 Å². The molecule has 6 heteroatoms. The number of fused-ring (bicyclic) bond motifs is 1. The molecule has 3 rings (SSSR count). The normalized spacial score (nSPS) is 12.3. The fraction of sp³-hybridized carbons (Fsp3) is 0.133. The summed E-state index contributed by atoms with van der Waals surface area (Å²) in [6.07, 6.45) is 0. The predicted octanol–water partition coefficient (Wildman–Crippen LogP) is 3.48. The first-order valence-corrected chi connectivity index (χ1v) is 6.57. The minimum Gasteiger partial charge on any atom is -0.454 e. The minimum absolute atomic E-state index is 0.0765. The van der Waals surface area contributed by atoms with Crippen LogP contribution in [0.3, 0.4) is 0 Å². The number of ether oxygens (including phenoxy) is 2. The van der Waals surface area contributed by atoms with Gasteiger partial charge in [0, 0.05) is 18.8 Å². The average molecular weight is 308 g/mol. The standard InChI is InChI=1S/C15H11ClFNO3/c1-18(9-5-6-12-13(7-9)21-8-20-12)15(19)14-10(16)3-2-4-11(14)17/h2-7H,8H2,1H3. The third-order valence-corrected chi connectivity index (χ3v) is 3.54. The van der Waals surface area contributed by atoms with Crippen LogP contribution in [-0.2, 0) is 0 Å². The molecular weight excluding hydrogens is 297 g/mol. The van der Waals surface area contributed by atoms with Gasteiger partial charge in [0.2, 0.25) is 6.79 Å². The Morgan fingerprint density at radius 3 is 2.76 bits per heavy atom. The van der Waals surface area contributed by atoms with E-state index in [1.54, 1.807) is 25.2 Å². The summed E-state index contributed by atoms with van der Waals surface area (Å²) in [5.41, 5.74) is 0.405. The van der Waals surface area contributed by atoms with Crippen molar-refractivity contribution in [2.45, 2.75) is 0 Å². The number of hydrogen-bond donors (Lipinski definition) is 0. The molecule has 4 nitrogen and oxygen atoms in total. The first kappa shape index (κ1) is 13.7. The van der Waals surface area contributed by atoms with E-state index in [0.29, 0.717) is 17.2 Å². The molecule has 1 heterocycles. The molecular formula is C15H11ClFNO3. The van der Waals surface area contributed by atoms with Crippen LogP contribution in [0.2, 0.25) is 5.02 Å². The Morgan fingerprint density at radius 2 is 2.00 bits per heavy atom. The van der Waals surface area contributed by atoms with Gasteiger partial charge in [0.25, 0.3) is 5.91 Å². The van der Waals surface area contributed by atoms with Crippen LogP contribution in [0.25, 0.3) is 0 Å². The van der Waals surface area contributed by atoms with Crippen LogP contribution < -0.4 is 14.4 Å². The van der Waals surface area contributed by atoms with Crippen molar-refractivity contribution in [3.8, 4) is 11.5 Å². The smallest absolute Gasteiger partial charge is 0.262 e. The van der Waals surface area contributed by atoms with E-state index < -0.39 is 11.7 Å². The van der Waals surface area contributed by atoms with Crippen LogP contribution in [-0.4, -0.2) is 19.7 Å². The molecule has 2 aromatic rings. The average Bonchev–Trinajstić information content (AvgIpc) is 2.93. The maximum atomic E-state index is 13.8. The lowest BCUT2D eigenvalue weighted by Crippen LogP contribution is -2.27. The van der Waals surface area contributed by atoms with E-state index in [4.69, 9.17) is 21.1 Å². The Hall–Kier alpha value is -2.27. The Labute approximate surface area is 125 Å². The number of carbonyl (C=O) groups is 1. The number of anilines is 1. The van der Waals surface area contributed by atoms with Crippen LogP contribution in [0.15, 0.2) is 36.4 Å². The Bertz CT molecular complexity index is 700. The lowest BCUT2D eigenvalue weighted by atomic mass is 10.1. The van der Waals surface area contributed by atoms with Crippen molar-refractivity contribution < 1.29 is 18.7 Å². The van der Waals surface area contributed by atoms with Crippen LogP contribution in [0, 0.1) is 5.82 Å². The number of amides is 1. The molecule has 1 aliphatic heterocycles. The minimum atomic E-state index is -0.653. The van der Waals surface area contributed by atoms with Crippen molar-refractivity contribution in [2.75, 3.05) is 18.7 Å². The highest BCUT2D eigenvalue weighted by molar-refractivity contribution is 6.34. The van der Waals surface area contributed by atoms with Gasteiger partial charge in [0.15, 0.2) is 11.5 Å². The molecule has 0 N–H and O–H groups in total. The molecule has 0 bridgehead atoms. The highest BCUT2D eigenvalue weighted by Gasteiger charge is 2.22. The highest BCUT2D eigenvalue weighted by Crippen LogP contribution is 2.35. The Kier molecular flexibility index (Phi) is 3.43. The molecule has 1 aliphatic rings. The zero-order valence-corrected chi connectivity index (χ0v) is 11.9. The fourth-order valence-corrected chi connectivity index (χ4v) is 2.32. The second kappa shape index (κ2) is 5.26. The third-order valence-electron chi connectivity index (χ3n) is 3.22. The van der Waals surface area contributed by atoms with Crippen molar-refractivity contribution in [3.63, 3.8) is 0 Å². The zero-order chi connectivity index (χ0) is 15.0. The molecule has 108 valence electrons. The van der Waals surface area contributed by atoms with E-state index in [0.717, 1.165) is 0 Å². The maximum Gasteiger partial charge on any atom is 0.262 e. The van der Waals surface area contributed by atoms with Crippen LogP contribution >= 0.6 is 11.6 Å². The number of carbonyl (C=O) groups excluding carboxylic acids is 1. The first-order chi connectivity index (χ1) is 10.1. The van der Waals surface area contributed by atoms with Gasteiger partial charge in [-0.05, 0) is 24.3 Å². The second-order valence-electron chi connectivity index (χ2n) is 4.50. The Balaban J connectivity index is 1.95. The summed E-state index contributed by atoms with van der Waals surface area (Å²) in [4.78, 5) is 13.7. The SMILES string of the molecule is CN(C(=O)c1c(F)cccc1Cl)c1ccc2c(c1)OCO2. The molecule has 2 aromatic carbocycles. The predicted molar refractivity (Wildman–Crippen MR) is 76.7 cm³/mol. The quantitative estimate of drug-likeness (QED) is 0.852. The molecule has 1 amide bonds. The summed E-state index contributed by atoms with van der Waals surface area (Å²) in [5.74, 6) is -0.0210. The number of nitrogens with zero attached hydrogens (tertiary/aromatic N) is 1. The van der Waals surface area contributed by atoms with Gasteiger partial charge in [-0.2, -0.15) is 0 Å². The molecule has 0 radical (unpaired) electrons. The molecule has 0 unspecified atom stereocenters. The van der Waals surface area contributed by atoms with Crippen LogP contribution in [0.1, 0.15) is 10.4 Å². The molecule has 21 heavy (non-hydrogen) atoms. The number of benzene rings is 2. The molecule has 0 fully saturated rings.